The van der Waals surface area contributed by atoms with Crippen molar-refractivity contribution in [1.82, 2.24) is 25.0 Å². The number of hydrogen-bond acceptors (Lipinski definition) is 4. The molecular weight excluding hydrogens is 361 g/mol. The largest absolute Gasteiger partial charge is 0.338 e. The van der Waals surface area contributed by atoms with Crippen LogP contribution in [0.3, 0.4) is 0 Å². The summed E-state index contributed by atoms with van der Waals surface area (Å²) >= 11 is 0. The van der Waals surface area contributed by atoms with Gasteiger partial charge in [0.25, 0.3) is 5.91 Å². The normalized spacial score (nSPS) is 22.0. The van der Waals surface area contributed by atoms with Crippen LogP contribution in [-0.4, -0.2) is 51.8 Å². The van der Waals surface area contributed by atoms with E-state index in [1.54, 1.807) is 6.20 Å². The van der Waals surface area contributed by atoms with E-state index in [1.165, 1.54) is 0 Å². The SMILES string of the molecule is Cc1nc2c(cnn2C(C)C)cc1C(=O)N1C[C@H]2CNC[C@H]2C1.Cl.Cl. The maximum Gasteiger partial charge on any atom is 0.255 e. The minimum Gasteiger partial charge on any atom is -0.338 e. The van der Waals surface area contributed by atoms with Gasteiger partial charge >= 0.3 is 0 Å². The number of fused-ring (bicyclic) bond motifs is 2. The molecule has 2 aliphatic rings. The maximum absolute atomic E-state index is 12.9. The van der Waals surface area contributed by atoms with Gasteiger partial charge in [0.15, 0.2) is 5.65 Å². The predicted octanol–water partition coefficient (Wildman–Crippen LogP) is 2.46. The molecule has 0 unspecified atom stereocenters. The van der Waals surface area contributed by atoms with Gasteiger partial charge in [-0.3, -0.25) is 4.79 Å². The van der Waals surface area contributed by atoms with E-state index in [9.17, 15) is 4.79 Å². The molecule has 1 amide bonds. The smallest absolute Gasteiger partial charge is 0.255 e. The van der Waals surface area contributed by atoms with Crippen molar-refractivity contribution >= 4 is 41.8 Å². The molecule has 2 aromatic heterocycles. The third-order valence-electron chi connectivity index (χ3n) is 5.16. The van der Waals surface area contributed by atoms with Gasteiger partial charge in [0.05, 0.1) is 17.5 Å². The van der Waals surface area contributed by atoms with E-state index in [2.05, 4.69) is 29.2 Å². The molecule has 2 saturated heterocycles. The molecule has 1 N–H and O–H groups in total. The molecule has 0 aromatic carbocycles. The average molecular weight is 386 g/mol. The number of amides is 1. The zero-order valence-electron chi connectivity index (χ0n) is 14.7. The van der Waals surface area contributed by atoms with Crippen LogP contribution in [0, 0.1) is 18.8 Å². The third kappa shape index (κ3) is 3.35. The van der Waals surface area contributed by atoms with Crippen molar-refractivity contribution in [3.8, 4) is 0 Å². The lowest BCUT2D eigenvalue weighted by molar-refractivity contribution is 0.0780. The number of nitrogens with zero attached hydrogens (tertiary/aromatic N) is 4. The van der Waals surface area contributed by atoms with Crippen molar-refractivity contribution < 1.29 is 4.79 Å². The van der Waals surface area contributed by atoms with Crippen molar-refractivity contribution in [3.05, 3.63) is 23.5 Å². The molecular formula is C17H25Cl2N5O. The lowest BCUT2D eigenvalue weighted by atomic mass is 10.0. The Kier molecular flexibility index (Phi) is 5.97. The third-order valence-corrected chi connectivity index (χ3v) is 5.16. The molecule has 0 radical (unpaired) electrons. The lowest BCUT2D eigenvalue weighted by Crippen LogP contribution is -2.32. The number of rotatable bonds is 2. The van der Waals surface area contributed by atoms with Gasteiger partial charge in [-0.25, -0.2) is 9.67 Å². The molecule has 0 saturated carbocycles. The molecule has 6 nitrogen and oxygen atoms in total. The van der Waals surface area contributed by atoms with Crippen LogP contribution in [0.5, 0.6) is 0 Å². The summed E-state index contributed by atoms with van der Waals surface area (Å²) in [4.78, 5) is 19.6. The van der Waals surface area contributed by atoms with Crippen LogP contribution in [0.2, 0.25) is 0 Å². The number of halogens is 2. The fourth-order valence-corrected chi connectivity index (χ4v) is 3.85. The highest BCUT2D eigenvalue weighted by molar-refractivity contribution is 5.98. The molecule has 4 rings (SSSR count). The molecule has 138 valence electrons. The number of carbonyl (C=O) groups excluding carboxylic acids is 1. The standard InChI is InChI=1S/C17H23N5O.2ClH/c1-10(2)22-16-12(7-19-22)4-15(11(3)20-16)17(23)21-8-13-5-18-6-14(13)9-21;;/h4,7,10,13-14,18H,5-6,8-9H2,1-3H3;2*1H/t13-,14+;;. The molecule has 2 aliphatic heterocycles. The minimum absolute atomic E-state index is 0. The summed E-state index contributed by atoms with van der Waals surface area (Å²) in [7, 11) is 0. The van der Waals surface area contributed by atoms with Crippen LogP contribution < -0.4 is 5.32 Å². The van der Waals surface area contributed by atoms with Crippen molar-refractivity contribution in [2.45, 2.75) is 26.8 Å². The van der Waals surface area contributed by atoms with E-state index in [0.29, 0.717) is 17.4 Å². The van der Waals surface area contributed by atoms with E-state index in [-0.39, 0.29) is 36.8 Å². The van der Waals surface area contributed by atoms with E-state index in [4.69, 9.17) is 0 Å². The van der Waals surface area contributed by atoms with Crippen LogP contribution in [-0.2, 0) is 0 Å². The van der Waals surface area contributed by atoms with Gasteiger partial charge in [-0.15, -0.1) is 24.8 Å². The minimum atomic E-state index is 0. The van der Waals surface area contributed by atoms with Gasteiger partial charge in [-0.1, -0.05) is 0 Å². The first-order chi connectivity index (χ1) is 11.0. The Morgan fingerprint density at radius 1 is 1.24 bits per heavy atom. The van der Waals surface area contributed by atoms with Gasteiger partial charge in [0.2, 0.25) is 0 Å². The molecule has 2 atom stereocenters. The number of nitrogens with one attached hydrogen (secondary N) is 1. The zero-order chi connectivity index (χ0) is 16.1. The molecule has 2 fully saturated rings. The number of hydrogen-bond donors (Lipinski definition) is 1. The molecule has 0 bridgehead atoms. The van der Waals surface area contributed by atoms with Gasteiger partial charge in [-0.05, 0) is 38.7 Å². The summed E-state index contributed by atoms with van der Waals surface area (Å²) in [5.74, 6) is 1.34. The number of carbonyl (C=O) groups is 1. The van der Waals surface area contributed by atoms with Gasteiger partial charge in [0, 0.05) is 37.6 Å². The van der Waals surface area contributed by atoms with E-state index in [1.807, 2.05) is 22.6 Å². The first kappa shape index (κ1) is 19.9. The highest BCUT2D eigenvalue weighted by Gasteiger charge is 2.38. The predicted molar refractivity (Wildman–Crippen MR) is 103 cm³/mol. The topological polar surface area (TPSA) is 63.1 Å². The summed E-state index contributed by atoms with van der Waals surface area (Å²) < 4.78 is 1.91. The highest BCUT2D eigenvalue weighted by atomic mass is 35.5. The van der Waals surface area contributed by atoms with E-state index < -0.39 is 0 Å². The van der Waals surface area contributed by atoms with E-state index >= 15 is 0 Å². The first-order valence-electron chi connectivity index (χ1n) is 8.39. The summed E-state index contributed by atoms with van der Waals surface area (Å²) in [6.07, 6.45) is 1.81. The first-order valence-corrected chi connectivity index (χ1v) is 8.39. The molecule has 2 aromatic rings. The van der Waals surface area contributed by atoms with Gasteiger partial charge in [0.1, 0.15) is 0 Å². The molecule has 4 heterocycles. The number of likely N-dealkylation sites (tertiary alicyclic amines) is 1. The summed E-state index contributed by atoms with van der Waals surface area (Å²) in [6, 6.07) is 2.21. The number of aromatic nitrogens is 3. The zero-order valence-corrected chi connectivity index (χ0v) is 16.4. The molecule has 0 aliphatic carbocycles. The lowest BCUT2D eigenvalue weighted by Gasteiger charge is -2.18. The fourth-order valence-electron chi connectivity index (χ4n) is 3.85. The summed E-state index contributed by atoms with van der Waals surface area (Å²) in [5.41, 5.74) is 2.37. The van der Waals surface area contributed by atoms with Crippen molar-refractivity contribution in [2.24, 2.45) is 11.8 Å². The quantitative estimate of drug-likeness (QED) is 0.861. The van der Waals surface area contributed by atoms with Crippen molar-refractivity contribution in [2.75, 3.05) is 26.2 Å². The monoisotopic (exact) mass is 385 g/mol. The Balaban J connectivity index is 0.00000113. The van der Waals surface area contributed by atoms with Gasteiger partial charge in [-0.2, -0.15) is 5.10 Å². The Hall–Kier alpha value is -1.37. The Bertz CT molecular complexity index is 764. The van der Waals surface area contributed by atoms with Crippen LogP contribution >= 0.6 is 24.8 Å². The number of pyridine rings is 1. The van der Waals surface area contributed by atoms with E-state index in [0.717, 1.165) is 42.9 Å². The summed E-state index contributed by atoms with van der Waals surface area (Å²) in [5, 5.41) is 8.75. The fraction of sp³-hybridized carbons (Fsp3) is 0.588. The van der Waals surface area contributed by atoms with Crippen LogP contribution in [0.25, 0.3) is 11.0 Å². The highest BCUT2D eigenvalue weighted by Crippen LogP contribution is 2.28. The molecule has 25 heavy (non-hydrogen) atoms. The molecule has 8 heteroatoms. The van der Waals surface area contributed by atoms with Gasteiger partial charge < -0.3 is 10.2 Å². The summed E-state index contributed by atoms with van der Waals surface area (Å²) in [6.45, 7) is 9.87. The second kappa shape index (κ2) is 7.48. The number of aryl methyl sites for hydroxylation is 1. The Labute approximate surface area is 160 Å². The maximum atomic E-state index is 12.9. The Morgan fingerprint density at radius 2 is 1.88 bits per heavy atom. The van der Waals surface area contributed by atoms with Crippen LogP contribution in [0.4, 0.5) is 0 Å². The van der Waals surface area contributed by atoms with Crippen LogP contribution in [0.15, 0.2) is 12.3 Å². The second-order valence-electron chi connectivity index (χ2n) is 7.11. The Morgan fingerprint density at radius 3 is 2.48 bits per heavy atom. The molecule has 0 spiro atoms. The van der Waals surface area contributed by atoms with Crippen molar-refractivity contribution in [3.63, 3.8) is 0 Å². The second-order valence-corrected chi connectivity index (χ2v) is 7.11. The van der Waals surface area contributed by atoms with Crippen molar-refractivity contribution in [1.29, 1.82) is 0 Å². The average Bonchev–Trinajstić information content (AvgIpc) is 3.18. The van der Waals surface area contributed by atoms with Crippen LogP contribution in [0.1, 0.15) is 35.9 Å².